The molecule has 0 atom stereocenters. The SMILES string of the molecule is CCN(CC#N)C(=O)c1cc(Br)ccc1Cl. The van der Waals surface area contributed by atoms with E-state index in [2.05, 4.69) is 15.9 Å². The molecule has 1 aromatic rings. The van der Waals surface area contributed by atoms with Crippen LogP contribution in [0.15, 0.2) is 22.7 Å². The highest BCUT2D eigenvalue weighted by molar-refractivity contribution is 9.10. The standard InChI is InChI=1S/C11H10BrClN2O/c1-2-15(6-5-14)11(16)9-7-8(12)3-4-10(9)13/h3-4,7H,2,6H2,1H3. The number of amides is 1. The molecule has 16 heavy (non-hydrogen) atoms. The van der Waals surface area contributed by atoms with Crippen molar-refractivity contribution in [2.45, 2.75) is 6.92 Å². The molecular weight excluding hydrogens is 291 g/mol. The lowest BCUT2D eigenvalue weighted by Gasteiger charge is -2.17. The van der Waals surface area contributed by atoms with Gasteiger partial charge in [0.1, 0.15) is 6.54 Å². The number of nitriles is 1. The van der Waals surface area contributed by atoms with E-state index in [-0.39, 0.29) is 12.5 Å². The molecule has 0 saturated heterocycles. The Morgan fingerprint density at radius 3 is 2.88 bits per heavy atom. The van der Waals surface area contributed by atoms with Crippen molar-refractivity contribution in [3.63, 3.8) is 0 Å². The number of nitrogens with zero attached hydrogens (tertiary/aromatic N) is 2. The largest absolute Gasteiger partial charge is 0.326 e. The summed E-state index contributed by atoms with van der Waals surface area (Å²) in [4.78, 5) is 13.4. The van der Waals surface area contributed by atoms with Gasteiger partial charge in [0.2, 0.25) is 0 Å². The molecule has 0 aliphatic rings. The van der Waals surface area contributed by atoms with Gasteiger partial charge in [0.05, 0.1) is 16.7 Å². The Hall–Kier alpha value is -1.05. The van der Waals surface area contributed by atoms with Crippen LogP contribution in [0.5, 0.6) is 0 Å². The smallest absolute Gasteiger partial charge is 0.256 e. The van der Waals surface area contributed by atoms with E-state index in [9.17, 15) is 4.79 Å². The van der Waals surface area contributed by atoms with E-state index >= 15 is 0 Å². The fourth-order valence-electron chi connectivity index (χ4n) is 1.24. The molecule has 3 nitrogen and oxygen atoms in total. The van der Waals surface area contributed by atoms with Crippen LogP contribution >= 0.6 is 27.5 Å². The molecule has 0 fully saturated rings. The monoisotopic (exact) mass is 300 g/mol. The molecule has 0 aliphatic carbocycles. The summed E-state index contributed by atoms with van der Waals surface area (Å²) in [5.41, 5.74) is 0.410. The third kappa shape index (κ3) is 2.97. The Bertz CT molecular complexity index is 442. The molecule has 1 amide bonds. The van der Waals surface area contributed by atoms with Crippen molar-refractivity contribution in [1.82, 2.24) is 4.90 Å². The number of hydrogen-bond acceptors (Lipinski definition) is 2. The average molecular weight is 302 g/mol. The molecular formula is C11H10BrClN2O. The molecule has 1 aromatic carbocycles. The summed E-state index contributed by atoms with van der Waals surface area (Å²) in [5.74, 6) is -0.227. The second-order valence-corrected chi connectivity index (χ2v) is 4.42. The van der Waals surface area contributed by atoms with Gasteiger partial charge >= 0.3 is 0 Å². The Labute approximate surface area is 108 Å². The van der Waals surface area contributed by atoms with Crippen LogP contribution in [0.2, 0.25) is 5.02 Å². The van der Waals surface area contributed by atoms with E-state index in [1.807, 2.05) is 13.0 Å². The molecule has 0 spiro atoms. The minimum absolute atomic E-state index is 0.0676. The number of carbonyl (C=O) groups is 1. The first kappa shape index (κ1) is 13.0. The van der Waals surface area contributed by atoms with Crippen molar-refractivity contribution in [2.75, 3.05) is 13.1 Å². The number of carbonyl (C=O) groups excluding carboxylic acids is 1. The molecule has 84 valence electrons. The summed E-state index contributed by atoms with van der Waals surface area (Å²) >= 11 is 9.22. The maximum Gasteiger partial charge on any atom is 0.256 e. The normalized spacial score (nSPS) is 9.62. The van der Waals surface area contributed by atoms with Crippen LogP contribution < -0.4 is 0 Å². The van der Waals surface area contributed by atoms with Crippen molar-refractivity contribution in [3.05, 3.63) is 33.3 Å². The van der Waals surface area contributed by atoms with Crippen molar-refractivity contribution in [3.8, 4) is 6.07 Å². The summed E-state index contributed by atoms with van der Waals surface area (Å²) in [6.07, 6.45) is 0. The fraction of sp³-hybridized carbons (Fsp3) is 0.273. The van der Waals surface area contributed by atoms with Crippen LogP contribution in [-0.4, -0.2) is 23.9 Å². The topological polar surface area (TPSA) is 44.1 Å². The number of hydrogen-bond donors (Lipinski definition) is 0. The first-order chi connectivity index (χ1) is 7.60. The number of benzene rings is 1. The Balaban J connectivity index is 3.03. The van der Waals surface area contributed by atoms with E-state index in [0.29, 0.717) is 17.1 Å². The maximum atomic E-state index is 12.0. The van der Waals surface area contributed by atoms with Gasteiger partial charge in [0.25, 0.3) is 5.91 Å². The molecule has 0 unspecified atom stereocenters. The second-order valence-electron chi connectivity index (χ2n) is 3.10. The van der Waals surface area contributed by atoms with Gasteiger partial charge in [-0.2, -0.15) is 5.26 Å². The number of rotatable bonds is 3. The van der Waals surface area contributed by atoms with Gasteiger partial charge in [-0.1, -0.05) is 27.5 Å². The molecule has 5 heteroatoms. The lowest BCUT2D eigenvalue weighted by molar-refractivity contribution is 0.0784. The molecule has 0 heterocycles. The molecule has 0 N–H and O–H groups in total. The lowest BCUT2D eigenvalue weighted by Crippen LogP contribution is -2.31. The van der Waals surface area contributed by atoms with Crippen LogP contribution in [0.4, 0.5) is 0 Å². The predicted octanol–water partition coefficient (Wildman–Crippen LogP) is 3.09. The van der Waals surface area contributed by atoms with Crippen LogP contribution in [0, 0.1) is 11.3 Å². The molecule has 1 rings (SSSR count). The van der Waals surface area contributed by atoms with Crippen LogP contribution in [0.1, 0.15) is 17.3 Å². The first-order valence-corrected chi connectivity index (χ1v) is 5.88. The van der Waals surface area contributed by atoms with Crippen molar-refractivity contribution >= 4 is 33.4 Å². The minimum Gasteiger partial charge on any atom is -0.326 e. The Morgan fingerprint density at radius 1 is 1.62 bits per heavy atom. The van der Waals surface area contributed by atoms with Gasteiger partial charge in [-0.05, 0) is 25.1 Å². The van der Waals surface area contributed by atoms with Gasteiger partial charge in [-0.3, -0.25) is 4.79 Å². The summed E-state index contributed by atoms with van der Waals surface area (Å²) < 4.78 is 0.785. The highest BCUT2D eigenvalue weighted by Crippen LogP contribution is 2.22. The first-order valence-electron chi connectivity index (χ1n) is 4.71. The van der Waals surface area contributed by atoms with E-state index in [4.69, 9.17) is 16.9 Å². The lowest BCUT2D eigenvalue weighted by atomic mass is 10.2. The highest BCUT2D eigenvalue weighted by Gasteiger charge is 2.16. The zero-order valence-electron chi connectivity index (χ0n) is 8.70. The molecule has 0 aromatic heterocycles. The Kier molecular flexibility index (Phi) is 4.78. The quantitative estimate of drug-likeness (QED) is 0.805. The van der Waals surface area contributed by atoms with E-state index in [1.54, 1.807) is 18.2 Å². The van der Waals surface area contributed by atoms with Gasteiger partial charge in [0, 0.05) is 11.0 Å². The van der Waals surface area contributed by atoms with E-state index < -0.39 is 0 Å². The van der Waals surface area contributed by atoms with E-state index in [1.165, 1.54) is 4.90 Å². The zero-order chi connectivity index (χ0) is 12.1. The van der Waals surface area contributed by atoms with Gasteiger partial charge < -0.3 is 4.90 Å². The Morgan fingerprint density at radius 2 is 2.31 bits per heavy atom. The van der Waals surface area contributed by atoms with E-state index in [0.717, 1.165) is 4.47 Å². The number of halogens is 2. The summed E-state index contributed by atoms with van der Waals surface area (Å²) in [5, 5.41) is 8.99. The highest BCUT2D eigenvalue weighted by atomic mass is 79.9. The van der Waals surface area contributed by atoms with Crippen molar-refractivity contribution in [2.24, 2.45) is 0 Å². The maximum absolute atomic E-state index is 12.0. The summed E-state index contributed by atoms with van der Waals surface area (Å²) in [6.45, 7) is 2.37. The van der Waals surface area contributed by atoms with Gasteiger partial charge in [-0.25, -0.2) is 0 Å². The third-order valence-corrected chi connectivity index (χ3v) is 2.91. The minimum atomic E-state index is -0.227. The average Bonchev–Trinajstić information content (AvgIpc) is 2.28. The summed E-state index contributed by atoms with van der Waals surface area (Å²) in [6, 6.07) is 7.03. The molecule has 0 bridgehead atoms. The van der Waals surface area contributed by atoms with Gasteiger partial charge in [0.15, 0.2) is 0 Å². The molecule has 0 saturated carbocycles. The van der Waals surface area contributed by atoms with Crippen LogP contribution in [-0.2, 0) is 0 Å². The molecule has 0 radical (unpaired) electrons. The predicted molar refractivity (Wildman–Crippen MR) is 66.3 cm³/mol. The zero-order valence-corrected chi connectivity index (χ0v) is 11.0. The van der Waals surface area contributed by atoms with Gasteiger partial charge in [-0.15, -0.1) is 0 Å². The fourth-order valence-corrected chi connectivity index (χ4v) is 1.80. The third-order valence-electron chi connectivity index (χ3n) is 2.09. The molecule has 0 aliphatic heterocycles. The second kappa shape index (κ2) is 5.88. The van der Waals surface area contributed by atoms with Crippen LogP contribution in [0.25, 0.3) is 0 Å². The van der Waals surface area contributed by atoms with Crippen LogP contribution in [0.3, 0.4) is 0 Å². The summed E-state index contributed by atoms with van der Waals surface area (Å²) in [7, 11) is 0. The van der Waals surface area contributed by atoms with Crippen molar-refractivity contribution in [1.29, 1.82) is 5.26 Å². The van der Waals surface area contributed by atoms with Crippen molar-refractivity contribution < 1.29 is 4.79 Å².